The average Bonchev–Trinajstić information content (AvgIpc) is 2.37. The maximum Gasteiger partial charge on any atom is 0.341 e. The third-order valence-corrected chi connectivity index (χ3v) is 2.75. The standard InChI is InChI=1S/C13H21N3O2/c1-4-5-6-7-16(2)12-11(13(17)18-3)8-10(14)9-15-12/h8-9H,4-7,14H2,1-3H3. The molecule has 0 aromatic carbocycles. The average molecular weight is 251 g/mol. The van der Waals surface area contributed by atoms with Gasteiger partial charge in [0, 0.05) is 13.6 Å². The van der Waals surface area contributed by atoms with Gasteiger partial charge in [0.2, 0.25) is 0 Å². The van der Waals surface area contributed by atoms with Crippen molar-refractivity contribution >= 4 is 17.5 Å². The maximum atomic E-state index is 11.7. The van der Waals surface area contributed by atoms with Crippen LogP contribution in [-0.2, 0) is 4.74 Å². The fourth-order valence-electron chi connectivity index (χ4n) is 1.74. The van der Waals surface area contributed by atoms with Gasteiger partial charge in [-0.1, -0.05) is 19.8 Å². The molecule has 0 unspecified atom stereocenters. The molecule has 1 heterocycles. The molecule has 0 aliphatic rings. The van der Waals surface area contributed by atoms with Gasteiger partial charge in [0.05, 0.1) is 19.0 Å². The summed E-state index contributed by atoms with van der Waals surface area (Å²) >= 11 is 0. The number of aromatic nitrogens is 1. The molecule has 0 amide bonds. The van der Waals surface area contributed by atoms with Crippen LogP contribution in [0.25, 0.3) is 0 Å². The topological polar surface area (TPSA) is 68.5 Å². The summed E-state index contributed by atoms with van der Waals surface area (Å²) in [5.41, 5.74) is 6.53. The predicted octanol–water partition coefficient (Wildman–Crippen LogP) is 2.08. The lowest BCUT2D eigenvalue weighted by Gasteiger charge is -2.20. The molecule has 18 heavy (non-hydrogen) atoms. The number of esters is 1. The van der Waals surface area contributed by atoms with E-state index in [-0.39, 0.29) is 0 Å². The Kier molecular flexibility index (Phi) is 5.42. The van der Waals surface area contributed by atoms with E-state index in [0.717, 1.165) is 25.8 Å². The Morgan fingerprint density at radius 2 is 2.22 bits per heavy atom. The Bertz CT molecular complexity index is 407. The number of pyridine rings is 1. The molecule has 0 aliphatic heterocycles. The minimum absolute atomic E-state index is 0.410. The third kappa shape index (κ3) is 3.61. The summed E-state index contributed by atoms with van der Waals surface area (Å²) < 4.78 is 4.75. The summed E-state index contributed by atoms with van der Waals surface area (Å²) in [5, 5.41) is 0. The molecule has 0 bridgehead atoms. The first kappa shape index (κ1) is 14.3. The first-order chi connectivity index (χ1) is 8.60. The highest BCUT2D eigenvalue weighted by Crippen LogP contribution is 2.20. The number of carbonyl (C=O) groups is 1. The molecular weight excluding hydrogens is 230 g/mol. The van der Waals surface area contributed by atoms with E-state index in [9.17, 15) is 4.79 Å². The normalized spacial score (nSPS) is 10.2. The summed E-state index contributed by atoms with van der Waals surface area (Å²) in [6.45, 7) is 3.01. The first-order valence-electron chi connectivity index (χ1n) is 6.15. The number of anilines is 2. The maximum absolute atomic E-state index is 11.7. The molecule has 1 aromatic rings. The SMILES string of the molecule is CCCCCN(C)c1ncc(N)cc1C(=O)OC. The molecule has 1 rings (SSSR count). The number of unbranched alkanes of at least 4 members (excludes halogenated alkanes) is 2. The highest BCUT2D eigenvalue weighted by Gasteiger charge is 2.16. The van der Waals surface area contributed by atoms with Crippen LogP contribution < -0.4 is 10.6 Å². The van der Waals surface area contributed by atoms with Gasteiger partial charge in [-0.3, -0.25) is 0 Å². The molecule has 100 valence electrons. The van der Waals surface area contributed by atoms with Crippen molar-refractivity contribution in [2.45, 2.75) is 26.2 Å². The molecular formula is C13H21N3O2. The van der Waals surface area contributed by atoms with Crippen molar-refractivity contribution in [1.82, 2.24) is 4.98 Å². The number of rotatable bonds is 6. The van der Waals surface area contributed by atoms with Gasteiger partial charge in [0.1, 0.15) is 11.4 Å². The van der Waals surface area contributed by atoms with Crippen molar-refractivity contribution < 1.29 is 9.53 Å². The van der Waals surface area contributed by atoms with Crippen LogP contribution in [-0.4, -0.2) is 31.7 Å². The quantitative estimate of drug-likeness (QED) is 0.619. The number of methoxy groups -OCH3 is 1. The molecule has 0 aliphatic carbocycles. The molecule has 0 saturated carbocycles. The van der Waals surface area contributed by atoms with Crippen LogP contribution in [0.5, 0.6) is 0 Å². The highest BCUT2D eigenvalue weighted by atomic mass is 16.5. The molecule has 2 N–H and O–H groups in total. The van der Waals surface area contributed by atoms with Crippen molar-refractivity contribution in [3.63, 3.8) is 0 Å². The van der Waals surface area contributed by atoms with Gasteiger partial charge in [-0.05, 0) is 12.5 Å². The summed E-state index contributed by atoms with van der Waals surface area (Å²) in [7, 11) is 3.27. The van der Waals surface area contributed by atoms with E-state index in [1.165, 1.54) is 7.11 Å². The number of carbonyl (C=O) groups excluding carboxylic acids is 1. The number of hydrogen-bond donors (Lipinski definition) is 1. The second-order valence-corrected chi connectivity index (χ2v) is 4.26. The van der Waals surface area contributed by atoms with Crippen molar-refractivity contribution in [3.05, 3.63) is 17.8 Å². The summed E-state index contributed by atoms with van der Waals surface area (Å²) in [6.07, 6.45) is 4.94. The largest absolute Gasteiger partial charge is 0.465 e. The van der Waals surface area contributed by atoms with E-state index in [0.29, 0.717) is 17.1 Å². The van der Waals surface area contributed by atoms with E-state index in [1.807, 2.05) is 11.9 Å². The lowest BCUT2D eigenvalue weighted by molar-refractivity contribution is 0.0601. The van der Waals surface area contributed by atoms with E-state index in [4.69, 9.17) is 10.5 Å². The lowest BCUT2D eigenvalue weighted by Crippen LogP contribution is -2.23. The minimum Gasteiger partial charge on any atom is -0.465 e. The van der Waals surface area contributed by atoms with Crippen LogP contribution in [0.2, 0.25) is 0 Å². The van der Waals surface area contributed by atoms with Gasteiger partial charge >= 0.3 is 5.97 Å². The number of nitrogen functional groups attached to an aromatic ring is 1. The monoisotopic (exact) mass is 251 g/mol. The Morgan fingerprint density at radius 1 is 1.50 bits per heavy atom. The van der Waals surface area contributed by atoms with Gasteiger partial charge in [0.25, 0.3) is 0 Å². The zero-order valence-electron chi connectivity index (χ0n) is 11.3. The molecule has 5 nitrogen and oxygen atoms in total. The van der Waals surface area contributed by atoms with Crippen LogP contribution in [0.3, 0.4) is 0 Å². The lowest BCUT2D eigenvalue weighted by atomic mass is 10.2. The van der Waals surface area contributed by atoms with E-state index in [1.54, 1.807) is 12.3 Å². The highest BCUT2D eigenvalue weighted by molar-refractivity contribution is 5.95. The van der Waals surface area contributed by atoms with Gasteiger partial charge in [-0.25, -0.2) is 9.78 Å². The van der Waals surface area contributed by atoms with E-state index < -0.39 is 5.97 Å². The molecule has 0 saturated heterocycles. The van der Waals surface area contributed by atoms with Crippen molar-refractivity contribution in [2.24, 2.45) is 0 Å². The van der Waals surface area contributed by atoms with E-state index >= 15 is 0 Å². The van der Waals surface area contributed by atoms with Crippen molar-refractivity contribution in [2.75, 3.05) is 31.3 Å². The van der Waals surface area contributed by atoms with Crippen molar-refractivity contribution in [3.8, 4) is 0 Å². The smallest absolute Gasteiger partial charge is 0.341 e. The van der Waals surface area contributed by atoms with Crippen LogP contribution in [0, 0.1) is 0 Å². The molecule has 0 atom stereocenters. The zero-order chi connectivity index (χ0) is 13.5. The number of hydrogen-bond acceptors (Lipinski definition) is 5. The molecule has 0 fully saturated rings. The fraction of sp³-hybridized carbons (Fsp3) is 0.538. The minimum atomic E-state index is -0.410. The summed E-state index contributed by atoms with van der Waals surface area (Å²) in [4.78, 5) is 17.9. The molecule has 0 radical (unpaired) electrons. The van der Waals surface area contributed by atoms with Gasteiger partial charge in [0.15, 0.2) is 0 Å². The zero-order valence-corrected chi connectivity index (χ0v) is 11.3. The Balaban J connectivity index is 2.89. The number of ether oxygens (including phenoxy) is 1. The van der Waals surface area contributed by atoms with Crippen LogP contribution in [0.1, 0.15) is 36.5 Å². The number of nitrogens with zero attached hydrogens (tertiary/aromatic N) is 2. The van der Waals surface area contributed by atoms with Gasteiger partial charge < -0.3 is 15.4 Å². The van der Waals surface area contributed by atoms with Crippen molar-refractivity contribution in [1.29, 1.82) is 0 Å². The van der Waals surface area contributed by atoms with E-state index in [2.05, 4.69) is 11.9 Å². The summed E-state index contributed by atoms with van der Waals surface area (Å²) in [6, 6.07) is 1.60. The Labute approximate surface area is 108 Å². The van der Waals surface area contributed by atoms with Crippen LogP contribution in [0.4, 0.5) is 11.5 Å². The summed E-state index contributed by atoms with van der Waals surface area (Å²) in [5.74, 6) is 0.208. The van der Waals surface area contributed by atoms with Crippen LogP contribution in [0.15, 0.2) is 12.3 Å². The second-order valence-electron chi connectivity index (χ2n) is 4.26. The van der Waals surface area contributed by atoms with Gasteiger partial charge in [-0.15, -0.1) is 0 Å². The second kappa shape index (κ2) is 6.83. The van der Waals surface area contributed by atoms with Gasteiger partial charge in [-0.2, -0.15) is 0 Å². The Morgan fingerprint density at radius 3 is 2.83 bits per heavy atom. The molecule has 0 spiro atoms. The predicted molar refractivity (Wildman–Crippen MR) is 72.8 cm³/mol. The third-order valence-electron chi connectivity index (χ3n) is 2.75. The van der Waals surface area contributed by atoms with Crippen LogP contribution >= 0.6 is 0 Å². The first-order valence-corrected chi connectivity index (χ1v) is 6.15. The Hall–Kier alpha value is -1.78. The molecule has 5 heteroatoms. The fourth-order valence-corrected chi connectivity index (χ4v) is 1.74. The molecule has 1 aromatic heterocycles. The number of nitrogens with two attached hydrogens (primary N) is 1.